The van der Waals surface area contributed by atoms with Gasteiger partial charge in [0.05, 0.1) is 29.2 Å². The molecule has 4 aromatic rings. The van der Waals surface area contributed by atoms with E-state index in [0.29, 0.717) is 6.54 Å². The first-order valence-electron chi connectivity index (χ1n) is 14.1. The third-order valence-corrected chi connectivity index (χ3v) is 7.62. The van der Waals surface area contributed by atoms with Crippen molar-refractivity contribution in [3.63, 3.8) is 0 Å². The molecular formula is C33H35N5O2. The largest absolute Gasteiger partial charge is 0.444 e. The number of carbonyl (C=O) groups is 1. The molecule has 0 saturated heterocycles. The van der Waals surface area contributed by atoms with Crippen LogP contribution in [0.5, 0.6) is 0 Å². The third kappa shape index (κ3) is 4.81. The number of hydrogen-bond donors (Lipinski definition) is 1. The summed E-state index contributed by atoms with van der Waals surface area (Å²) in [5.74, 6) is 0. The highest BCUT2D eigenvalue weighted by Gasteiger charge is 2.41. The fourth-order valence-corrected chi connectivity index (χ4v) is 5.50. The summed E-state index contributed by atoms with van der Waals surface area (Å²) >= 11 is 0. The molecule has 7 nitrogen and oxygen atoms in total. The summed E-state index contributed by atoms with van der Waals surface area (Å²) in [6.07, 6.45) is 7.40. The minimum atomic E-state index is -0.541. The summed E-state index contributed by atoms with van der Waals surface area (Å²) in [6.45, 7) is 8.45. The Hall–Kier alpha value is -4.26. The molecule has 0 unspecified atom stereocenters. The molecule has 0 radical (unpaired) electrons. The summed E-state index contributed by atoms with van der Waals surface area (Å²) < 4.78 is 7.56. The number of carbonyl (C=O) groups excluding carboxylic acids is 1. The molecule has 1 aliphatic heterocycles. The molecule has 2 aliphatic rings. The van der Waals surface area contributed by atoms with E-state index in [2.05, 4.69) is 66.9 Å². The normalized spacial score (nSPS) is 16.1. The number of aryl methyl sites for hydroxylation is 1. The minimum absolute atomic E-state index is 0.378. The number of amides is 1. The van der Waals surface area contributed by atoms with E-state index < -0.39 is 11.1 Å². The van der Waals surface area contributed by atoms with E-state index in [1.165, 1.54) is 0 Å². The molecule has 204 valence electrons. The molecule has 1 amide bonds. The van der Waals surface area contributed by atoms with Crippen LogP contribution in [-0.2, 0) is 16.7 Å². The highest BCUT2D eigenvalue weighted by Crippen LogP contribution is 2.42. The summed E-state index contributed by atoms with van der Waals surface area (Å²) in [4.78, 5) is 22.5. The first-order valence-corrected chi connectivity index (χ1v) is 14.1. The van der Waals surface area contributed by atoms with Gasteiger partial charge in [-0.15, -0.1) is 0 Å². The lowest BCUT2D eigenvalue weighted by atomic mass is 9.71. The first-order chi connectivity index (χ1) is 19.3. The zero-order chi connectivity index (χ0) is 27.9. The van der Waals surface area contributed by atoms with E-state index in [1.54, 1.807) is 0 Å². The van der Waals surface area contributed by atoms with Crippen LogP contribution in [0.3, 0.4) is 0 Å². The molecule has 1 fully saturated rings. The van der Waals surface area contributed by atoms with Gasteiger partial charge in [-0.1, -0.05) is 67.6 Å². The fraction of sp³-hybridized carbons (Fsp3) is 0.333. The first kappa shape index (κ1) is 26.0. The quantitative estimate of drug-likeness (QED) is 0.293. The predicted molar refractivity (Wildman–Crippen MR) is 159 cm³/mol. The molecule has 1 saturated carbocycles. The lowest BCUT2D eigenvalue weighted by molar-refractivity contribution is 0.0377. The Bertz CT molecular complexity index is 1620. The summed E-state index contributed by atoms with van der Waals surface area (Å²) in [5.41, 5.74) is 7.71. The van der Waals surface area contributed by atoms with Crippen molar-refractivity contribution < 1.29 is 9.53 Å². The molecule has 0 bridgehead atoms. The zero-order valence-electron chi connectivity index (χ0n) is 23.6. The van der Waals surface area contributed by atoms with Gasteiger partial charge in [-0.2, -0.15) is 5.10 Å². The van der Waals surface area contributed by atoms with Crippen LogP contribution in [0.15, 0.2) is 77.8 Å². The van der Waals surface area contributed by atoms with Gasteiger partial charge in [-0.25, -0.2) is 14.3 Å². The number of benzene rings is 2. The molecule has 3 heterocycles. The third-order valence-electron chi connectivity index (χ3n) is 7.62. The Morgan fingerprint density at radius 3 is 2.40 bits per heavy atom. The number of rotatable bonds is 6. The number of hydrogen-bond acceptors (Lipinski definition) is 5. The van der Waals surface area contributed by atoms with E-state index in [9.17, 15) is 4.79 Å². The van der Waals surface area contributed by atoms with Gasteiger partial charge in [0.1, 0.15) is 11.3 Å². The number of allylic oxidation sites excluding steroid dienone is 1. The zero-order valence-corrected chi connectivity index (χ0v) is 23.6. The van der Waals surface area contributed by atoms with Gasteiger partial charge in [0.2, 0.25) is 0 Å². The summed E-state index contributed by atoms with van der Waals surface area (Å²) in [7, 11) is 0. The van der Waals surface area contributed by atoms with Crippen LogP contribution in [0.2, 0.25) is 0 Å². The van der Waals surface area contributed by atoms with E-state index >= 15 is 0 Å². The van der Waals surface area contributed by atoms with Crippen molar-refractivity contribution >= 4 is 17.5 Å². The second kappa shape index (κ2) is 10.0. The molecular weight excluding hydrogens is 498 g/mol. The van der Waals surface area contributed by atoms with Crippen LogP contribution in [0, 0.1) is 0 Å². The molecule has 6 rings (SSSR count). The Morgan fingerprint density at radius 1 is 1.05 bits per heavy atom. The molecule has 40 heavy (non-hydrogen) atoms. The maximum atomic E-state index is 12.7. The average molecular weight is 534 g/mol. The molecule has 7 heteroatoms. The van der Waals surface area contributed by atoms with E-state index in [1.807, 2.05) is 43.5 Å². The van der Waals surface area contributed by atoms with Crippen molar-refractivity contribution in [1.29, 1.82) is 0 Å². The molecule has 0 spiro atoms. The SMILES string of the molecule is CCc1cc(C2=NCC=C2)c2nc(-c3ccc(C4(NC(=O)OC(C)(C)C)CCC4)cc3)c(-c3ccccc3)n2n1. The van der Waals surface area contributed by atoms with Gasteiger partial charge in [0.25, 0.3) is 0 Å². The molecule has 0 atom stereocenters. The molecule has 2 aromatic heterocycles. The number of fused-ring (bicyclic) bond motifs is 1. The monoisotopic (exact) mass is 533 g/mol. The van der Waals surface area contributed by atoms with Gasteiger partial charge < -0.3 is 10.1 Å². The van der Waals surface area contributed by atoms with Crippen molar-refractivity contribution in [2.45, 2.75) is 64.5 Å². The van der Waals surface area contributed by atoms with Gasteiger partial charge >= 0.3 is 6.09 Å². The van der Waals surface area contributed by atoms with Crippen molar-refractivity contribution in [1.82, 2.24) is 19.9 Å². The predicted octanol–water partition coefficient (Wildman–Crippen LogP) is 6.89. The molecule has 1 aliphatic carbocycles. The van der Waals surface area contributed by atoms with Gasteiger partial charge in [0, 0.05) is 16.7 Å². The lowest BCUT2D eigenvalue weighted by Gasteiger charge is -2.43. The molecule has 2 aromatic carbocycles. The van der Waals surface area contributed by atoms with Crippen molar-refractivity contribution in [2.75, 3.05) is 6.54 Å². The number of aromatic nitrogens is 3. The van der Waals surface area contributed by atoms with Crippen molar-refractivity contribution in [2.24, 2.45) is 4.99 Å². The Morgan fingerprint density at radius 2 is 1.80 bits per heavy atom. The fourth-order valence-electron chi connectivity index (χ4n) is 5.50. The van der Waals surface area contributed by atoms with Gasteiger partial charge in [-0.05, 0) is 64.2 Å². The second-order valence-corrected chi connectivity index (χ2v) is 11.6. The van der Waals surface area contributed by atoms with Crippen molar-refractivity contribution in [3.05, 3.63) is 89.6 Å². The van der Waals surface area contributed by atoms with Gasteiger partial charge in [0.15, 0.2) is 5.65 Å². The molecule has 1 N–H and O–H groups in total. The topological polar surface area (TPSA) is 80.9 Å². The second-order valence-electron chi connectivity index (χ2n) is 11.6. The summed E-state index contributed by atoms with van der Waals surface area (Å²) in [5, 5.41) is 8.16. The standard InChI is InChI=1S/C33H35N5O2/c1-5-25-21-26(27-13-9-20-34-27)30-35-28(29(38(30)37-25)23-11-7-6-8-12-23)22-14-16-24(17-15-22)33(18-10-19-33)36-31(39)40-32(2,3)4/h6-9,11-17,21H,5,10,18-20H2,1-4H3,(H,36,39). The number of nitrogens with one attached hydrogen (secondary N) is 1. The maximum Gasteiger partial charge on any atom is 0.408 e. The smallest absolute Gasteiger partial charge is 0.408 e. The maximum absolute atomic E-state index is 12.7. The van der Waals surface area contributed by atoms with Crippen LogP contribution in [0.25, 0.3) is 28.2 Å². The number of alkyl carbamates (subject to hydrolysis) is 1. The van der Waals surface area contributed by atoms with Gasteiger partial charge in [-0.3, -0.25) is 4.99 Å². The van der Waals surface area contributed by atoms with Crippen LogP contribution >= 0.6 is 0 Å². The van der Waals surface area contributed by atoms with Crippen LogP contribution in [-0.4, -0.2) is 38.5 Å². The van der Waals surface area contributed by atoms with Crippen LogP contribution in [0.1, 0.15) is 63.8 Å². The number of imidazole rings is 1. The Kier molecular flexibility index (Phi) is 6.53. The minimum Gasteiger partial charge on any atom is -0.444 e. The summed E-state index contributed by atoms with van der Waals surface area (Å²) in [6, 6.07) is 20.8. The van der Waals surface area contributed by atoms with E-state index in [4.69, 9.17) is 19.8 Å². The Labute approximate surface area is 235 Å². The van der Waals surface area contributed by atoms with E-state index in [-0.39, 0.29) is 6.09 Å². The number of aliphatic imine (C=N–C) groups is 1. The highest BCUT2D eigenvalue weighted by molar-refractivity contribution is 6.14. The Balaban J connectivity index is 1.45. The lowest BCUT2D eigenvalue weighted by Crippen LogP contribution is -2.52. The van der Waals surface area contributed by atoms with Crippen LogP contribution < -0.4 is 5.32 Å². The average Bonchev–Trinajstić information content (AvgIpc) is 3.58. The highest BCUT2D eigenvalue weighted by atomic mass is 16.6. The van der Waals surface area contributed by atoms with E-state index in [0.717, 1.165) is 76.4 Å². The number of ether oxygens (including phenoxy) is 1. The number of nitrogens with zero attached hydrogens (tertiary/aromatic N) is 4. The van der Waals surface area contributed by atoms with Crippen LogP contribution in [0.4, 0.5) is 4.79 Å². The van der Waals surface area contributed by atoms with Crippen molar-refractivity contribution in [3.8, 4) is 22.5 Å².